The highest BCUT2D eigenvalue weighted by Crippen LogP contribution is 2.31. The van der Waals surface area contributed by atoms with Gasteiger partial charge in [-0.1, -0.05) is 35.5 Å². The summed E-state index contributed by atoms with van der Waals surface area (Å²) in [5.74, 6) is 0. The topological polar surface area (TPSA) is 89.3 Å². The Morgan fingerprint density at radius 1 is 0.969 bits per heavy atom. The molecule has 2 aromatic heterocycles. The van der Waals surface area contributed by atoms with Gasteiger partial charge >= 0.3 is 6.01 Å². The van der Waals surface area contributed by atoms with Crippen molar-refractivity contribution in [2.75, 3.05) is 38.2 Å². The van der Waals surface area contributed by atoms with Crippen LogP contribution in [0.4, 0.5) is 5.69 Å². The SMILES string of the molecule is COc1ncc(-c2ccccc2N2CCN(C(C=O)n3nnc4ccccc43)CC2)cn1. The van der Waals surface area contributed by atoms with E-state index in [-0.39, 0.29) is 0 Å². The molecule has 9 nitrogen and oxygen atoms in total. The minimum Gasteiger partial charge on any atom is -0.467 e. The van der Waals surface area contributed by atoms with Crippen LogP contribution in [0.15, 0.2) is 60.9 Å². The molecule has 162 valence electrons. The lowest BCUT2D eigenvalue weighted by Crippen LogP contribution is -2.49. The van der Waals surface area contributed by atoms with Crippen LogP contribution in [0.5, 0.6) is 6.01 Å². The van der Waals surface area contributed by atoms with Gasteiger partial charge in [0.25, 0.3) is 0 Å². The van der Waals surface area contributed by atoms with Gasteiger partial charge in [0.1, 0.15) is 5.52 Å². The number of piperazine rings is 1. The molecule has 1 aliphatic rings. The molecule has 0 bridgehead atoms. The summed E-state index contributed by atoms with van der Waals surface area (Å²) in [5.41, 5.74) is 4.77. The molecule has 1 saturated heterocycles. The van der Waals surface area contributed by atoms with Gasteiger partial charge in [-0.2, -0.15) is 0 Å². The summed E-state index contributed by atoms with van der Waals surface area (Å²) >= 11 is 0. The summed E-state index contributed by atoms with van der Waals surface area (Å²) in [7, 11) is 1.55. The second-order valence-electron chi connectivity index (χ2n) is 7.57. The van der Waals surface area contributed by atoms with Gasteiger partial charge in [-0.05, 0) is 18.2 Å². The second kappa shape index (κ2) is 8.72. The molecule has 4 aromatic rings. The van der Waals surface area contributed by atoms with Gasteiger partial charge in [-0.25, -0.2) is 14.6 Å². The molecule has 0 spiro atoms. The molecule has 32 heavy (non-hydrogen) atoms. The Balaban J connectivity index is 1.35. The molecule has 5 rings (SSSR count). The highest BCUT2D eigenvalue weighted by atomic mass is 16.5. The molecule has 1 fully saturated rings. The zero-order chi connectivity index (χ0) is 21.9. The quantitative estimate of drug-likeness (QED) is 0.432. The van der Waals surface area contributed by atoms with E-state index in [1.165, 1.54) is 0 Å². The number of ether oxygens (including phenoxy) is 1. The van der Waals surface area contributed by atoms with Crippen LogP contribution in [-0.2, 0) is 4.79 Å². The lowest BCUT2D eigenvalue weighted by molar-refractivity contribution is -0.115. The summed E-state index contributed by atoms with van der Waals surface area (Å²) in [5, 5.41) is 8.44. The summed E-state index contributed by atoms with van der Waals surface area (Å²) in [6.07, 6.45) is 4.02. The Hall–Kier alpha value is -3.85. The normalized spacial score (nSPS) is 15.6. The summed E-state index contributed by atoms with van der Waals surface area (Å²) in [6.45, 7) is 3.02. The van der Waals surface area contributed by atoms with E-state index in [2.05, 4.69) is 42.2 Å². The van der Waals surface area contributed by atoms with Crippen LogP contribution in [0, 0.1) is 0 Å². The first-order valence-corrected chi connectivity index (χ1v) is 10.5. The fourth-order valence-corrected chi connectivity index (χ4v) is 4.16. The van der Waals surface area contributed by atoms with Gasteiger partial charge in [0.05, 0.1) is 12.6 Å². The van der Waals surface area contributed by atoms with E-state index in [9.17, 15) is 4.79 Å². The first kappa shape index (κ1) is 20.1. The first-order chi connectivity index (χ1) is 15.8. The number of nitrogens with zero attached hydrogens (tertiary/aromatic N) is 7. The van der Waals surface area contributed by atoms with Crippen molar-refractivity contribution in [2.45, 2.75) is 6.17 Å². The van der Waals surface area contributed by atoms with E-state index >= 15 is 0 Å². The smallest absolute Gasteiger partial charge is 0.316 e. The number of methoxy groups -OCH3 is 1. The highest BCUT2D eigenvalue weighted by Gasteiger charge is 2.27. The number of benzene rings is 2. The van der Waals surface area contributed by atoms with E-state index in [1.54, 1.807) is 24.2 Å². The van der Waals surface area contributed by atoms with Crippen LogP contribution < -0.4 is 9.64 Å². The number of para-hydroxylation sites is 2. The van der Waals surface area contributed by atoms with Crippen LogP contribution in [0.25, 0.3) is 22.2 Å². The van der Waals surface area contributed by atoms with Crippen LogP contribution in [-0.4, -0.2) is 69.4 Å². The molecule has 2 aromatic carbocycles. The van der Waals surface area contributed by atoms with Crippen molar-refractivity contribution in [2.24, 2.45) is 0 Å². The zero-order valence-corrected chi connectivity index (χ0v) is 17.7. The van der Waals surface area contributed by atoms with Crippen LogP contribution >= 0.6 is 0 Å². The van der Waals surface area contributed by atoms with Crippen LogP contribution in [0.2, 0.25) is 0 Å². The number of hydrogen-bond donors (Lipinski definition) is 0. The van der Waals surface area contributed by atoms with Gasteiger partial charge < -0.3 is 9.64 Å². The Bertz CT molecular complexity index is 1220. The van der Waals surface area contributed by atoms with E-state index in [1.807, 2.05) is 36.4 Å². The number of fused-ring (bicyclic) bond motifs is 1. The molecule has 0 radical (unpaired) electrons. The Labute approximate surface area is 185 Å². The second-order valence-corrected chi connectivity index (χ2v) is 7.57. The molecule has 0 N–H and O–H groups in total. The highest BCUT2D eigenvalue weighted by molar-refractivity contribution is 5.78. The van der Waals surface area contributed by atoms with Crippen molar-refractivity contribution in [1.29, 1.82) is 0 Å². The summed E-state index contributed by atoms with van der Waals surface area (Å²) in [4.78, 5) is 25.0. The zero-order valence-electron chi connectivity index (χ0n) is 17.7. The third kappa shape index (κ3) is 3.67. The third-order valence-electron chi connectivity index (χ3n) is 5.80. The van der Waals surface area contributed by atoms with Gasteiger partial charge in [-0.15, -0.1) is 5.10 Å². The number of hydrogen-bond acceptors (Lipinski definition) is 8. The maximum Gasteiger partial charge on any atom is 0.316 e. The van der Waals surface area contributed by atoms with Crippen LogP contribution in [0.3, 0.4) is 0 Å². The molecule has 3 heterocycles. The fraction of sp³-hybridized carbons (Fsp3) is 0.261. The van der Waals surface area contributed by atoms with Gasteiger partial charge in [0.2, 0.25) is 0 Å². The molecule has 0 saturated carbocycles. The van der Waals surface area contributed by atoms with E-state index in [0.717, 1.165) is 60.3 Å². The summed E-state index contributed by atoms with van der Waals surface area (Å²) in [6, 6.07) is 16.3. The molecular formula is C23H23N7O2. The first-order valence-electron chi connectivity index (χ1n) is 10.5. The van der Waals surface area contributed by atoms with Gasteiger partial charge in [0, 0.05) is 55.4 Å². The Morgan fingerprint density at radius 2 is 1.69 bits per heavy atom. The Kier molecular flexibility index (Phi) is 5.47. The predicted octanol–water partition coefficient (Wildman–Crippen LogP) is 2.42. The number of aldehydes is 1. The molecule has 9 heteroatoms. The van der Waals surface area contributed by atoms with E-state index in [4.69, 9.17) is 4.74 Å². The molecule has 0 aliphatic carbocycles. The van der Waals surface area contributed by atoms with E-state index in [0.29, 0.717) is 6.01 Å². The molecule has 0 amide bonds. The lowest BCUT2D eigenvalue weighted by Gasteiger charge is -2.39. The largest absolute Gasteiger partial charge is 0.467 e. The van der Waals surface area contributed by atoms with Crippen molar-refractivity contribution in [3.05, 3.63) is 60.9 Å². The molecule has 1 atom stereocenters. The lowest BCUT2D eigenvalue weighted by atomic mass is 10.1. The third-order valence-corrected chi connectivity index (χ3v) is 5.80. The summed E-state index contributed by atoms with van der Waals surface area (Å²) < 4.78 is 6.78. The Morgan fingerprint density at radius 3 is 2.44 bits per heavy atom. The number of rotatable bonds is 6. The standard InChI is InChI=1S/C23H23N7O2/c1-32-23-24-14-17(15-25-23)18-6-2-4-8-20(18)28-10-12-29(13-11-28)22(16-31)30-21-9-5-3-7-19(21)26-27-30/h2-9,14-16,22H,10-13H2,1H3. The number of anilines is 1. The monoisotopic (exact) mass is 429 g/mol. The van der Waals surface area contributed by atoms with Crippen molar-refractivity contribution in [1.82, 2.24) is 29.9 Å². The van der Waals surface area contributed by atoms with Gasteiger partial charge in [0.15, 0.2) is 12.5 Å². The average molecular weight is 429 g/mol. The van der Waals surface area contributed by atoms with Crippen molar-refractivity contribution in [3.8, 4) is 17.1 Å². The molecular weight excluding hydrogens is 406 g/mol. The maximum absolute atomic E-state index is 12.0. The van der Waals surface area contributed by atoms with Gasteiger partial charge in [-0.3, -0.25) is 9.69 Å². The average Bonchev–Trinajstić information content (AvgIpc) is 3.29. The van der Waals surface area contributed by atoms with Crippen molar-refractivity contribution < 1.29 is 9.53 Å². The molecule has 1 unspecified atom stereocenters. The fourth-order valence-electron chi connectivity index (χ4n) is 4.16. The maximum atomic E-state index is 12.0. The minimum absolute atomic E-state index is 0.348. The van der Waals surface area contributed by atoms with Crippen molar-refractivity contribution in [3.63, 3.8) is 0 Å². The van der Waals surface area contributed by atoms with E-state index < -0.39 is 6.17 Å². The number of carbonyl (C=O) groups is 1. The molecule has 1 aliphatic heterocycles. The van der Waals surface area contributed by atoms with Crippen molar-refractivity contribution >= 4 is 23.0 Å². The number of aromatic nitrogens is 5. The number of carbonyl (C=O) groups excluding carboxylic acids is 1. The van der Waals surface area contributed by atoms with Crippen LogP contribution in [0.1, 0.15) is 6.17 Å². The predicted molar refractivity (Wildman–Crippen MR) is 120 cm³/mol. The minimum atomic E-state index is -0.477.